The third-order valence-corrected chi connectivity index (χ3v) is 3.65. The molecule has 0 aliphatic carbocycles. The van der Waals surface area contributed by atoms with Crippen molar-refractivity contribution in [3.05, 3.63) is 52.8 Å². The van der Waals surface area contributed by atoms with Crippen LogP contribution >= 0.6 is 0 Å². The maximum atomic E-state index is 12.2. The van der Waals surface area contributed by atoms with Crippen molar-refractivity contribution in [2.24, 2.45) is 0 Å². The molecule has 1 aliphatic rings. The summed E-state index contributed by atoms with van der Waals surface area (Å²) in [5, 5.41) is 0. The number of hydrogen-bond donors (Lipinski definition) is 0. The number of likely N-dealkylation sites (tertiary alicyclic amines) is 1. The van der Waals surface area contributed by atoms with Gasteiger partial charge in [0.15, 0.2) is 0 Å². The summed E-state index contributed by atoms with van der Waals surface area (Å²) in [4.78, 5) is 25.3. The van der Waals surface area contributed by atoms with Gasteiger partial charge in [-0.05, 0) is 19.1 Å². The van der Waals surface area contributed by atoms with Gasteiger partial charge in [-0.1, -0.05) is 0 Å². The van der Waals surface area contributed by atoms with Crippen LogP contribution in [0.15, 0.2) is 45.9 Å². The lowest BCUT2D eigenvalue weighted by molar-refractivity contribution is -0.131. The molecule has 22 heavy (non-hydrogen) atoms. The first-order valence-electron chi connectivity index (χ1n) is 7.27. The summed E-state index contributed by atoms with van der Waals surface area (Å²) in [6.07, 6.45) is 4.41. The molecule has 1 fully saturated rings. The molecular weight excluding hydrogens is 284 g/mol. The van der Waals surface area contributed by atoms with Gasteiger partial charge in [-0.25, -0.2) is 4.79 Å². The first-order chi connectivity index (χ1) is 10.6. The fourth-order valence-corrected chi connectivity index (χ4v) is 2.62. The number of carbonyl (C=O) groups is 1. The Bertz CT molecular complexity index is 705. The van der Waals surface area contributed by atoms with Crippen LogP contribution in [-0.4, -0.2) is 34.6 Å². The molecule has 0 N–H and O–H groups in total. The van der Waals surface area contributed by atoms with Crippen LogP contribution in [0, 0.1) is 6.92 Å². The summed E-state index contributed by atoms with van der Waals surface area (Å²) < 4.78 is 12.5. The minimum Gasteiger partial charge on any atom is -0.488 e. The van der Waals surface area contributed by atoms with Crippen LogP contribution in [0.3, 0.4) is 0 Å². The molecule has 6 heteroatoms. The molecule has 1 atom stereocenters. The van der Waals surface area contributed by atoms with E-state index in [0.29, 0.717) is 31.1 Å². The molecule has 3 heterocycles. The Morgan fingerprint density at radius 1 is 1.36 bits per heavy atom. The molecule has 1 amide bonds. The SMILES string of the molecule is Cc1cc(O[C@H]2CCN(C(=O)Cn3cccc3)C2)cc(=O)o1. The summed E-state index contributed by atoms with van der Waals surface area (Å²) in [5.41, 5.74) is -0.423. The van der Waals surface area contributed by atoms with Gasteiger partial charge < -0.3 is 18.6 Å². The maximum absolute atomic E-state index is 12.2. The smallest absolute Gasteiger partial charge is 0.339 e. The van der Waals surface area contributed by atoms with Gasteiger partial charge in [-0.15, -0.1) is 0 Å². The van der Waals surface area contributed by atoms with Gasteiger partial charge in [-0.3, -0.25) is 4.79 Å². The van der Waals surface area contributed by atoms with Crippen molar-refractivity contribution < 1.29 is 13.9 Å². The van der Waals surface area contributed by atoms with Crippen LogP contribution in [-0.2, 0) is 11.3 Å². The standard InChI is InChI=1S/C16H18N2O4/c1-12-8-14(9-16(20)21-12)22-13-4-7-18(10-13)15(19)11-17-5-2-3-6-17/h2-3,5-6,8-9,13H,4,7,10-11H2,1H3/t13-/m0/s1. The molecule has 0 unspecified atom stereocenters. The highest BCUT2D eigenvalue weighted by Gasteiger charge is 2.27. The molecule has 0 bridgehead atoms. The predicted octanol–water partition coefficient (Wildman–Crippen LogP) is 1.43. The minimum atomic E-state index is -0.423. The Kier molecular flexibility index (Phi) is 4.00. The van der Waals surface area contributed by atoms with E-state index >= 15 is 0 Å². The number of hydrogen-bond acceptors (Lipinski definition) is 4. The highest BCUT2D eigenvalue weighted by Crippen LogP contribution is 2.18. The zero-order valence-corrected chi connectivity index (χ0v) is 12.4. The molecule has 0 saturated carbocycles. The average molecular weight is 302 g/mol. The number of rotatable bonds is 4. The van der Waals surface area contributed by atoms with E-state index in [1.54, 1.807) is 17.9 Å². The minimum absolute atomic E-state index is 0.0751. The highest BCUT2D eigenvalue weighted by atomic mass is 16.5. The number of ether oxygens (including phenoxy) is 1. The molecule has 2 aromatic heterocycles. The first kappa shape index (κ1) is 14.4. The van der Waals surface area contributed by atoms with E-state index in [1.165, 1.54) is 6.07 Å². The first-order valence-corrected chi connectivity index (χ1v) is 7.27. The fraction of sp³-hybridized carbons (Fsp3) is 0.375. The van der Waals surface area contributed by atoms with Crippen LogP contribution in [0.1, 0.15) is 12.2 Å². The summed E-state index contributed by atoms with van der Waals surface area (Å²) in [5.74, 6) is 1.09. The van der Waals surface area contributed by atoms with E-state index in [4.69, 9.17) is 9.15 Å². The molecule has 0 spiro atoms. The Labute approximate surface area is 127 Å². The summed E-state index contributed by atoms with van der Waals surface area (Å²) >= 11 is 0. The molecule has 6 nitrogen and oxygen atoms in total. The van der Waals surface area contributed by atoms with E-state index in [1.807, 2.05) is 29.1 Å². The second-order valence-electron chi connectivity index (χ2n) is 5.45. The van der Waals surface area contributed by atoms with Gasteiger partial charge in [0.05, 0.1) is 12.6 Å². The van der Waals surface area contributed by atoms with Crippen molar-refractivity contribution in [3.63, 3.8) is 0 Å². The average Bonchev–Trinajstić information content (AvgIpc) is 3.09. The van der Waals surface area contributed by atoms with Crippen LogP contribution in [0.4, 0.5) is 0 Å². The second-order valence-corrected chi connectivity index (χ2v) is 5.45. The Morgan fingerprint density at radius 2 is 2.14 bits per heavy atom. The normalized spacial score (nSPS) is 17.7. The molecular formula is C16H18N2O4. The Morgan fingerprint density at radius 3 is 2.86 bits per heavy atom. The number of carbonyl (C=O) groups excluding carboxylic acids is 1. The molecule has 2 aromatic rings. The van der Waals surface area contributed by atoms with Gasteiger partial charge in [0, 0.05) is 31.4 Å². The number of aryl methyl sites for hydroxylation is 1. The summed E-state index contributed by atoms with van der Waals surface area (Å²) in [6, 6.07) is 6.81. The largest absolute Gasteiger partial charge is 0.488 e. The topological polar surface area (TPSA) is 64.7 Å². The molecule has 1 saturated heterocycles. The predicted molar refractivity (Wildman–Crippen MR) is 79.8 cm³/mol. The molecule has 0 aromatic carbocycles. The van der Waals surface area contributed by atoms with Crippen LogP contribution in [0.2, 0.25) is 0 Å². The fourth-order valence-electron chi connectivity index (χ4n) is 2.62. The molecule has 1 aliphatic heterocycles. The van der Waals surface area contributed by atoms with Crippen molar-refractivity contribution in [2.45, 2.75) is 26.0 Å². The molecule has 0 radical (unpaired) electrons. The lowest BCUT2D eigenvalue weighted by Crippen LogP contribution is -2.33. The monoisotopic (exact) mass is 302 g/mol. The van der Waals surface area contributed by atoms with Crippen molar-refractivity contribution >= 4 is 5.91 Å². The maximum Gasteiger partial charge on any atom is 0.339 e. The van der Waals surface area contributed by atoms with Crippen LogP contribution in [0.5, 0.6) is 5.75 Å². The van der Waals surface area contributed by atoms with E-state index in [0.717, 1.165) is 6.42 Å². The second kappa shape index (κ2) is 6.09. The van der Waals surface area contributed by atoms with Crippen molar-refractivity contribution in [1.29, 1.82) is 0 Å². The third-order valence-electron chi connectivity index (χ3n) is 3.65. The zero-order chi connectivity index (χ0) is 15.5. The number of nitrogens with zero attached hydrogens (tertiary/aromatic N) is 2. The van der Waals surface area contributed by atoms with Crippen molar-refractivity contribution in [1.82, 2.24) is 9.47 Å². The van der Waals surface area contributed by atoms with Crippen LogP contribution < -0.4 is 10.4 Å². The third kappa shape index (κ3) is 3.39. The van der Waals surface area contributed by atoms with Gasteiger partial charge in [-0.2, -0.15) is 0 Å². The zero-order valence-electron chi connectivity index (χ0n) is 12.4. The van der Waals surface area contributed by atoms with Gasteiger partial charge in [0.25, 0.3) is 0 Å². The highest BCUT2D eigenvalue weighted by molar-refractivity contribution is 5.76. The van der Waals surface area contributed by atoms with Crippen molar-refractivity contribution in [3.8, 4) is 5.75 Å². The van der Waals surface area contributed by atoms with Gasteiger partial charge in [0.2, 0.25) is 5.91 Å². The quantitative estimate of drug-likeness (QED) is 0.857. The summed E-state index contributed by atoms with van der Waals surface area (Å²) in [6.45, 7) is 3.26. The lowest BCUT2D eigenvalue weighted by atomic mass is 10.3. The Balaban J connectivity index is 1.57. The number of amides is 1. The van der Waals surface area contributed by atoms with Crippen molar-refractivity contribution in [2.75, 3.05) is 13.1 Å². The van der Waals surface area contributed by atoms with Gasteiger partial charge >= 0.3 is 5.63 Å². The molecule has 3 rings (SSSR count). The summed E-state index contributed by atoms with van der Waals surface area (Å²) in [7, 11) is 0. The molecule has 116 valence electrons. The van der Waals surface area contributed by atoms with E-state index in [2.05, 4.69) is 0 Å². The van der Waals surface area contributed by atoms with Crippen LogP contribution in [0.25, 0.3) is 0 Å². The Hall–Kier alpha value is -2.50. The number of aromatic nitrogens is 1. The lowest BCUT2D eigenvalue weighted by Gasteiger charge is -2.17. The van der Waals surface area contributed by atoms with E-state index < -0.39 is 5.63 Å². The van der Waals surface area contributed by atoms with E-state index in [-0.39, 0.29) is 12.0 Å². The van der Waals surface area contributed by atoms with E-state index in [9.17, 15) is 9.59 Å². The van der Waals surface area contributed by atoms with Gasteiger partial charge in [0.1, 0.15) is 24.2 Å².